The number of hydrogen-bond acceptors (Lipinski definition) is 5. The zero-order chi connectivity index (χ0) is 26.6. The molecule has 0 unspecified atom stereocenters. The number of nitrogens with zero attached hydrogens (tertiary/aromatic N) is 1. The molecule has 6 nitrogen and oxygen atoms in total. The van der Waals surface area contributed by atoms with E-state index in [1.54, 1.807) is 7.11 Å². The number of hydrogen-bond donors (Lipinski definition) is 2. The lowest BCUT2D eigenvalue weighted by molar-refractivity contribution is 0.100. The summed E-state index contributed by atoms with van der Waals surface area (Å²) in [7, 11) is 1.61. The van der Waals surface area contributed by atoms with Crippen LogP contribution in [0.3, 0.4) is 0 Å². The molecule has 1 heterocycles. The van der Waals surface area contributed by atoms with Gasteiger partial charge >= 0.3 is 0 Å². The van der Waals surface area contributed by atoms with Gasteiger partial charge in [0.1, 0.15) is 12.0 Å². The monoisotopic (exact) mass is 501 g/mol. The number of benzene rings is 4. The molecule has 188 valence electrons. The number of carbonyl (C=O) groups is 2. The van der Waals surface area contributed by atoms with Gasteiger partial charge in [-0.15, -0.1) is 0 Å². The Morgan fingerprint density at radius 3 is 2.47 bits per heavy atom. The fourth-order valence-corrected chi connectivity index (χ4v) is 4.67. The number of primary amides is 1. The number of fused-ring (bicyclic) bond motifs is 1. The molecular formula is C32H27N3O3. The van der Waals surface area contributed by atoms with Gasteiger partial charge < -0.3 is 15.8 Å². The summed E-state index contributed by atoms with van der Waals surface area (Å²) in [6.45, 7) is 2.02. The van der Waals surface area contributed by atoms with Crippen LogP contribution in [-0.2, 0) is 6.42 Å². The molecule has 1 amide bonds. The summed E-state index contributed by atoms with van der Waals surface area (Å²) >= 11 is 0. The standard InChI is InChI=1S/C32H27N3O3/c1-20-13-23(14-22-5-3-6-25(15-22)24-11-9-21(19-36)10-12-24)16-28-30(20)34-18-29(32(33)37)31(28)35-26-7-4-8-27(17-26)38-2/h3-13,15-19H,14H2,1-2H3,(H2,33,37)(H,34,35). The molecule has 0 spiro atoms. The topological polar surface area (TPSA) is 94.3 Å². The summed E-state index contributed by atoms with van der Waals surface area (Å²) in [5.74, 6) is 0.146. The Kier molecular flexibility index (Phi) is 6.87. The van der Waals surface area contributed by atoms with Gasteiger partial charge in [0.05, 0.1) is 23.9 Å². The highest BCUT2D eigenvalue weighted by Crippen LogP contribution is 2.33. The van der Waals surface area contributed by atoms with Crippen LogP contribution in [0.4, 0.5) is 11.4 Å². The first-order valence-corrected chi connectivity index (χ1v) is 12.2. The third-order valence-corrected chi connectivity index (χ3v) is 6.54. The summed E-state index contributed by atoms with van der Waals surface area (Å²) in [6.07, 6.45) is 3.06. The molecule has 0 bridgehead atoms. The molecule has 38 heavy (non-hydrogen) atoms. The van der Waals surface area contributed by atoms with E-state index in [0.717, 1.165) is 50.7 Å². The van der Waals surface area contributed by atoms with Crippen molar-refractivity contribution in [1.29, 1.82) is 0 Å². The number of aromatic nitrogens is 1. The van der Waals surface area contributed by atoms with Crippen LogP contribution in [0, 0.1) is 6.92 Å². The molecular weight excluding hydrogens is 474 g/mol. The molecule has 0 aliphatic rings. The Morgan fingerprint density at radius 1 is 0.947 bits per heavy atom. The summed E-state index contributed by atoms with van der Waals surface area (Å²) in [6, 6.07) is 27.6. The van der Waals surface area contributed by atoms with E-state index < -0.39 is 5.91 Å². The van der Waals surface area contributed by atoms with Crippen molar-refractivity contribution in [3.8, 4) is 16.9 Å². The third-order valence-electron chi connectivity index (χ3n) is 6.54. The lowest BCUT2D eigenvalue weighted by atomic mass is 9.96. The maximum absolute atomic E-state index is 12.4. The van der Waals surface area contributed by atoms with Crippen LogP contribution in [0.25, 0.3) is 22.0 Å². The second-order valence-electron chi connectivity index (χ2n) is 9.19. The number of nitrogens with two attached hydrogens (primary N) is 1. The van der Waals surface area contributed by atoms with Crippen LogP contribution in [0.5, 0.6) is 5.75 Å². The van der Waals surface area contributed by atoms with Crippen molar-refractivity contribution in [2.75, 3.05) is 12.4 Å². The Balaban J connectivity index is 1.55. The Hall–Kier alpha value is -4.97. The quantitative estimate of drug-likeness (QED) is 0.238. The summed E-state index contributed by atoms with van der Waals surface area (Å²) in [5.41, 5.74) is 14.3. The van der Waals surface area contributed by atoms with Gasteiger partial charge in [0, 0.05) is 28.9 Å². The average molecular weight is 502 g/mol. The molecule has 4 aromatic carbocycles. The molecule has 3 N–H and O–H groups in total. The fraction of sp³-hybridized carbons (Fsp3) is 0.0938. The maximum Gasteiger partial charge on any atom is 0.252 e. The van der Waals surface area contributed by atoms with Crippen LogP contribution in [-0.4, -0.2) is 24.3 Å². The summed E-state index contributed by atoms with van der Waals surface area (Å²) < 4.78 is 5.36. The first-order valence-electron chi connectivity index (χ1n) is 12.2. The lowest BCUT2D eigenvalue weighted by Crippen LogP contribution is -2.14. The number of nitrogens with one attached hydrogen (secondary N) is 1. The first-order chi connectivity index (χ1) is 18.4. The second kappa shape index (κ2) is 10.6. The van der Waals surface area contributed by atoms with Crippen molar-refractivity contribution in [3.05, 3.63) is 119 Å². The molecule has 0 saturated carbocycles. The molecule has 0 radical (unpaired) electrons. The van der Waals surface area contributed by atoms with Gasteiger partial charge in [0.15, 0.2) is 0 Å². The van der Waals surface area contributed by atoms with E-state index >= 15 is 0 Å². The van der Waals surface area contributed by atoms with Crippen molar-refractivity contribution in [3.63, 3.8) is 0 Å². The highest BCUT2D eigenvalue weighted by Gasteiger charge is 2.16. The van der Waals surface area contributed by atoms with Gasteiger partial charge in [-0.2, -0.15) is 0 Å². The van der Waals surface area contributed by atoms with Crippen LogP contribution in [0.1, 0.15) is 37.4 Å². The summed E-state index contributed by atoms with van der Waals surface area (Å²) in [4.78, 5) is 27.9. The lowest BCUT2D eigenvalue weighted by Gasteiger charge is -2.16. The van der Waals surface area contributed by atoms with E-state index in [-0.39, 0.29) is 0 Å². The molecule has 0 atom stereocenters. The smallest absolute Gasteiger partial charge is 0.252 e. The minimum atomic E-state index is -0.554. The van der Waals surface area contributed by atoms with Crippen LogP contribution in [0.15, 0.2) is 91.1 Å². The Bertz CT molecular complexity index is 1660. The molecule has 0 aliphatic carbocycles. The fourth-order valence-electron chi connectivity index (χ4n) is 4.67. The van der Waals surface area contributed by atoms with Gasteiger partial charge in [-0.05, 0) is 59.4 Å². The molecule has 0 aliphatic heterocycles. The number of pyridine rings is 1. The minimum Gasteiger partial charge on any atom is -0.497 e. The molecule has 0 fully saturated rings. The number of ether oxygens (including phenoxy) is 1. The molecule has 6 heteroatoms. The number of aryl methyl sites for hydroxylation is 1. The zero-order valence-electron chi connectivity index (χ0n) is 21.2. The van der Waals surface area contributed by atoms with E-state index in [2.05, 4.69) is 40.6 Å². The molecule has 5 rings (SSSR count). The predicted molar refractivity (Wildman–Crippen MR) is 151 cm³/mol. The van der Waals surface area contributed by atoms with Gasteiger partial charge in [0.2, 0.25) is 0 Å². The first kappa shape index (κ1) is 24.7. The third kappa shape index (κ3) is 5.11. The molecule has 1 aromatic heterocycles. The Morgan fingerprint density at radius 2 is 1.74 bits per heavy atom. The largest absolute Gasteiger partial charge is 0.497 e. The van der Waals surface area contributed by atoms with E-state index in [1.165, 1.54) is 6.20 Å². The number of methoxy groups -OCH3 is 1. The van der Waals surface area contributed by atoms with E-state index in [0.29, 0.717) is 29.0 Å². The van der Waals surface area contributed by atoms with Gasteiger partial charge in [0.25, 0.3) is 5.91 Å². The molecule has 0 saturated heterocycles. The van der Waals surface area contributed by atoms with Crippen molar-refractivity contribution >= 4 is 34.5 Å². The number of carbonyl (C=O) groups excluding carboxylic acids is 2. The summed E-state index contributed by atoms with van der Waals surface area (Å²) in [5, 5.41) is 4.20. The average Bonchev–Trinajstić information content (AvgIpc) is 2.93. The second-order valence-corrected chi connectivity index (χ2v) is 9.19. The van der Waals surface area contributed by atoms with Gasteiger partial charge in [-0.3, -0.25) is 14.6 Å². The van der Waals surface area contributed by atoms with Crippen molar-refractivity contribution in [2.45, 2.75) is 13.3 Å². The van der Waals surface area contributed by atoms with E-state index in [4.69, 9.17) is 10.5 Å². The highest BCUT2D eigenvalue weighted by atomic mass is 16.5. The highest BCUT2D eigenvalue weighted by molar-refractivity contribution is 6.08. The van der Waals surface area contributed by atoms with Crippen molar-refractivity contribution in [2.24, 2.45) is 5.73 Å². The minimum absolute atomic E-state index is 0.317. The maximum atomic E-state index is 12.4. The van der Waals surface area contributed by atoms with Gasteiger partial charge in [-0.25, -0.2) is 0 Å². The van der Waals surface area contributed by atoms with Crippen molar-refractivity contribution in [1.82, 2.24) is 4.98 Å². The number of anilines is 2. The Labute approximate surface area is 221 Å². The van der Waals surface area contributed by atoms with Crippen LogP contribution >= 0.6 is 0 Å². The normalized spacial score (nSPS) is 10.8. The number of rotatable bonds is 8. The molecule has 5 aromatic rings. The van der Waals surface area contributed by atoms with Crippen LogP contribution in [0.2, 0.25) is 0 Å². The van der Waals surface area contributed by atoms with Crippen molar-refractivity contribution < 1.29 is 14.3 Å². The van der Waals surface area contributed by atoms with Crippen LogP contribution < -0.4 is 15.8 Å². The zero-order valence-corrected chi connectivity index (χ0v) is 21.2. The SMILES string of the molecule is COc1cccc(Nc2c(C(N)=O)cnc3c(C)cc(Cc4cccc(-c5ccc(C=O)cc5)c4)cc23)c1. The van der Waals surface area contributed by atoms with E-state index in [1.807, 2.05) is 61.5 Å². The van der Waals surface area contributed by atoms with Gasteiger partial charge in [-0.1, -0.05) is 60.7 Å². The number of amides is 1. The number of aldehydes is 1. The predicted octanol–water partition coefficient (Wildman–Crippen LogP) is 6.46. The van der Waals surface area contributed by atoms with E-state index in [9.17, 15) is 9.59 Å².